The summed E-state index contributed by atoms with van der Waals surface area (Å²) in [6.07, 6.45) is 4.84. The fraction of sp³-hybridized carbons (Fsp3) is 0.143. The fourth-order valence-electron chi connectivity index (χ4n) is 1.80. The maximum atomic E-state index is 4.56. The maximum Gasteiger partial charge on any atom is 0.153 e. The molecule has 3 aromatic rings. The quantitative estimate of drug-likeness (QED) is 0.714. The lowest BCUT2D eigenvalue weighted by atomic mass is 10.2. The van der Waals surface area contributed by atoms with Gasteiger partial charge in [-0.05, 0) is 52.2 Å². The second kappa shape index (κ2) is 5.27. The van der Waals surface area contributed by atoms with E-state index in [1.165, 1.54) is 5.56 Å². The lowest BCUT2D eigenvalue weighted by molar-refractivity contribution is 0.847. The van der Waals surface area contributed by atoms with E-state index in [1.807, 2.05) is 35.3 Å². The lowest BCUT2D eigenvalue weighted by Gasteiger charge is -2.01. The second-order valence-electron chi connectivity index (χ2n) is 4.13. The van der Waals surface area contributed by atoms with Crippen LogP contribution in [0.5, 0.6) is 0 Å². The summed E-state index contributed by atoms with van der Waals surface area (Å²) in [6.45, 7) is 2.12. The monoisotopic (exact) mass is 333 g/mol. The molecule has 0 saturated carbocycles. The van der Waals surface area contributed by atoms with E-state index in [1.54, 1.807) is 11.3 Å². The molecule has 0 aliphatic carbocycles. The van der Waals surface area contributed by atoms with Crippen molar-refractivity contribution < 1.29 is 0 Å². The number of pyridine rings is 1. The Labute approximate surface area is 124 Å². The van der Waals surface area contributed by atoms with Gasteiger partial charge < -0.3 is 0 Å². The van der Waals surface area contributed by atoms with Gasteiger partial charge in [-0.1, -0.05) is 13.0 Å². The zero-order chi connectivity index (χ0) is 13.2. The Morgan fingerprint density at radius 3 is 2.74 bits per heavy atom. The molecule has 0 aromatic carbocycles. The standard InChI is InChI=1S/C14H12BrN3S/c1-2-10-3-6-14(16-9-10)18-8-7-11(17-18)12-4-5-13(15)19-12/h3-9H,2H2,1H3. The van der Waals surface area contributed by atoms with Crippen LogP contribution in [0.3, 0.4) is 0 Å². The lowest BCUT2D eigenvalue weighted by Crippen LogP contribution is -1.98. The van der Waals surface area contributed by atoms with Crippen molar-refractivity contribution in [2.45, 2.75) is 13.3 Å². The van der Waals surface area contributed by atoms with Crippen molar-refractivity contribution in [3.05, 3.63) is 52.1 Å². The molecule has 0 bridgehead atoms. The summed E-state index contributed by atoms with van der Waals surface area (Å²) in [5.41, 5.74) is 2.20. The first kappa shape index (κ1) is 12.6. The van der Waals surface area contributed by atoms with Crippen LogP contribution >= 0.6 is 27.3 Å². The Hall–Kier alpha value is -1.46. The molecule has 0 saturated heterocycles. The van der Waals surface area contributed by atoms with Crippen molar-refractivity contribution in [3.8, 4) is 16.4 Å². The summed E-state index contributed by atoms with van der Waals surface area (Å²) < 4.78 is 2.92. The summed E-state index contributed by atoms with van der Waals surface area (Å²) in [5.74, 6) is 0.846. The Bertz CT molecular complexity index is 685. The minimum atomic E-state index is 0.846. The number of rotatable bonds is 3. The molecule has 3 nitrogen and oxygen atoms in total. The third-order valence-corrected chi connectivity index (χ3v) is 4.51. The first-order valence-electron chi connectivity index (χ1n) is 6.03. The van der Waals surface area contributed by atoms with Gasteiger partial charge in [0.05, 0.1) is 8.66 Å². The molecule has 3 rings (SSSR count). The highest BCUT2D eigenvalue weighted by atomic mass is 79.9. The predicted molar refractivity (Wildman–Crippen MR) is 81.8 cm³/mol. The molecular weight excluding hydrogens is 322 g/mol. The van der Waals surface area contributed by atoms with Gasteiger partial charge in [0, 0.05) is 12.4 Å². The molecule has 0 fully saturated rings. The van der Waals surface area contributed by atoms with Crippen LogP contribution in [0.15, 0.2) is 46.5 Å². The SMILES string of the molecule is CCc1ccc(-n2ccc(-c3ccc(Br)s3)n2)nc1. The van der Waals surface area contributed by atoms with Crippen molar-refractivity contribution in [2.75, 3.05) is 0 Å². The van der Waals surface area contributed by atoms with Gasteiger partial charge in [-0.15, -0.1) is 11.3 Å². The second-order valence-corrected chi connectivity index (χ2v) is 6.59. The Morgan fingerprint density at radius 2 is 2.11 bits per heavy atom. The van der Waals surface area contributed by atoms with Crippen LogP contribution in [-0.4, -0.2) is 14.8 Å². The molecule has 0 amide bonds. The Balaban J connectivity index is 1.91. The summed E-state index contributed by atoms with van der Waals surface area (Å²) >= 11 is 5.14. The maximum absolute atomic E-state index is 4.56. The zero-order valence-electron chi connectivity index (χ0n) is 10.4. The highest BCUT2D eigenvalue weighted by Gasteiger charge is 2.06. The Kier molecular flexibility index (Phi) is 3.48. The molecule has 0 N–H and O–H groups in total. The van der Waals surface area contributed by atoms with Gasteiger partial charge in [0.15, 0.2) is 5.82 Å². The van der Waals surface area contributed by atoms with E-state index in [4.69, 9.17) is 0 Å². The first-order valence-corrected chi connectivity index (χ1v) is 7.64. The molecule has 19 heavy (non-hydrogen) atoms. The van der Waals surface area contributed by atoms with E-state index < -0.39 is 0 Å². The van der Waals surface area contributed by atoms with Crippen LogP contribution in [0.4, 0.5) is 0 Å². The van der Waals surface area contributed by atoms with Gasteiger partial charge in [-0.3, -0.25) is 0 Å². The fourth-order valence-corrected chi connectivity index (χ4v) is 3.15. The van der Waals surface area contributed by atoms with Gasteiger partial charge in [0.2, 0.25) is 0 Å². The van der Waals surface area contributed by atoms with Crippen molar-refractivity contribution in [1.82, 2.24) is 14.8 Å². The summed E-state index contributed by atoms with van der Waals surface area (Å²) in [7, 11) is 0. The van der Waals surface area contributed by atoms with Gasteiger partial charge >= 0.3 is 0 Å². The van der Waals surface area contributed by atoms with E-state index in [2.05, 4.69) is 45.1 Å². The topological polar surface area (TPSA) is 30.7 Å². The van der Waals surface area contributed by atoms with Gasteiger partial charge in [-0.25, -0.2) is 9.67 Å². The first-order chi connectivity index (χ1) is 9.26. The van der Waals surface area contributed by atoms with Gasteiger partial charge in [0.25, 0.3) is 0 Å². The molecule has 0 aliphatic rings. The largest absolute Gasteiger partial charge is 0.237 e. The number of aromatic nitrogens is 3. The molecule has 5 heteroatoms. The van der Waals surface area contributed by atoms with Crippen LogP contribution in [0.2, 0.25) is 0 Å². The molecule has 3 heterocycles. The van der Waals surface area contributed by atoms with Crippen molar-refractivity contribution in [2.24, 2.45) is 0 Å². The average molecular weight is 334 g/mol. The number of halogens is 1. The Morgan fingerprint density at radius 1 is 1.21 bits per heavy atom. The van der Waals surface area contributed by atoms with Crippen molar-refractivity contribution in [3.63, 3.8) is 0 Å². The van der Waals surface area contributed by atoms with Crippen molar-refractivity contribution >= 4 is 27.3 Å². The van der Waals surface area contributed by atoms with E-state index in [9.17, 15) is 0 Å². The van der Waals surface area contributed by atoms with E-state index >= 15 is 0 Å². The van der Waals surface area contributed by atoms with E-state index in [-0.39, 0.29) is 0 Å². The van der Waals surface area contributed by atoms with E-state index in [0.717, 1.165) is 26.6 Å². The normalized spacial score (nSPS) is 10.8. The van der Waals surface area contributed by atoms with Crippen LogP contribution in [0.1, 0.15) is 12.5 Å². The molecule has 0 unspecified atom stereocenters. The number of nitrogens with zero attached hydrogens (tertiary/aromatic N) is 3. The number of thiophene rings is 1. The third-order valence-electron chi connectivity index (χ3n) is 2.87. The molecule has 0 radical (unpaired) electrons. The minimum Gasteiger partial charge on any atom is -0.237 e. The number of hydrogen-bond donors (Lipinski definition) is 0. The van der Waals surface area contributed by atoms with Crippen LogP contribution in [-0.2, 0) is 6.42 Å². The van der Waals surface area contributed by atoms with Crippen LogP contribution in [0, 0.1) is 0 Å². The summed E-state index contributed by atoms with van der Waals surface area (Å²) in [6, 6.07) is 10.2. The summed E-state index contributed by atoms with van der Waals surface area (Å²) in [4.78, 5) is 5.58. The number of hydrogen-bond acceptors (Lipinski definition) is 3. The average Bonchev–Trinajstić information content (AvgIpc) is 3.07. The smallest absolute Gasteiger partial charge is 0.153 e. The molecule has 0 atom stereocenters. The van der Waals surface area contributed by atoms with E-state index in [0.29, 0.717) is 0 Å². The highest BCUT2D eigenvalue weighted by molar-refractivity contribution is 9.11. The molecule has 96 valence electrons. The third kappa shape index (κ3) is 2.62. The van der Waals surface area contributed by atoms with Gasteiger partial charge in [0.1, 0.15) is 5.69 Å². The van der Waals surface area contributed by atoms with Crippen LogP contribution < -0.4 is 0 Å². The molecular formula is C14H12BrN3S. The summed E-state index contributed by atoms with van der Waals surface area (Å²) in [5, 5.41) is 4.56. The zero-order valence-corrected chi connectivity index (χ0v) is 12.8. The van der Waals surface area contributed by atoms with Gasteiger partial charge in [-0.2, -0.15) is 5.10 Å². The number of aryl methyl sites for hydroxylation is 1. The van der Waals surface area contributed by atoms with Crippen LogP contribution in [0.25, 0.3) is 16.4 Å². The predicted octanol–water partition coefficient (Wildman–Crippen LogP) is 4.32. The minimum absolute atomic E-state index is 0.846. The molecule has 0 spiro atoms. The molecule has 0 aliphatic heterocycles. The molecule has 3 aromatic heterocycles. The van der Waals surface area contributed by atoms with Crippen molar-refractivity contribution in [1.29, 1.82) is 0 Å². The highest BCUT2D eigenvalue weighted by Crippen LogP contribution is 2.30.